The molecular weight excluding hydrogens is 396 g/mol. The Morgan fingerprint density at radius 1 is 1.19 bits per heavy atom. The van der Waals surface area contributed by atoms with Crippen LogP contribution in [0.5, 0.6) is 0 Å². The van der Waals surface area contributed by atoms with Gasteiger partial charge in [-0.25, -0.2) is 5.43 Å². The molecule has 31 heavy (non-hydrogen) atoms. The van der Waals surface area contributed by atoms with Crippen molar-refractivity contribution in [2.24, 2.45) is 15.9 Å². The van der Waals surface area contributed by atoms with Crippen molar-refractivity contribution in [3.05, 3.63) is 58.9 Å². The first kappa shape index (κ1) is 22.5. The molecule has 1 aromatic rings. The third kappa shape index (κ3) is 4.60. The van der Waals surface area contributed by atoms with Crippen molar-refractivity contribution < 1.29 is 24.6 Å². The number of allylic oxidation sites excluding steroid dienone is 4. The van der Waals surface area contributed by atoms with E-state index in [1.165, 1.54) is 0 Å². The van der Waals surface area contributed by atoms with Crippen LogP contribution in [-0.2, 0) is 14.4 Å². The number of benzene rings is 1. The number of hydrogen-bond acceptors (Lipinski definition) is 5. The Bertz CT molecular complexity index is 990. The van der Waals surface area contributed by atoms with Gasteiger partial charge in [0.1, 0.15) is 5.76 Å². The Kier molecular flexibility index (Phi) is 6.15. The van der Waals surface area contributed by atoms with Gasteiger partial charge < -0.3 is 10.2 Å². The highest BCUT2D eigenvalue weighted by atomic mass is 16.4. The van der Waals surface area contributed by atoms with Gasteiger partial charge in [-0.1, -0.05) is 55.8 Å². The van der Waals surface area contributed by atoms with Crippen LogP contribution in [0.25, 0.3) is 0 Å². The topological polar surface area (TPSA) is 116 Å². The van der Waals surface area contributed by atoms with Crippen LogP contribution in [0, 0.1) is 10.8 Å². The minimum atomic E-state index is -1.67. The summed E-state index contributed by atoms with van der Waals surface area (Å²) in [4.78, 5) is 37.4. The van der Waals surface area contributed by atoms with Gasteiger partial charge >= 0.3 is 5.97 Å². The number of nitrogens with one attached hydrogen (secondary N) is 1. The number of rotatable bonds is 5. The third-order valence-corrected chi connectivity index (χ3v) is 6.18. The van der Waals surface area contributed by atoms with Crippen molar-refractivity contribution in [3.63, 3.8) is 0 Å². The summed E-state index contributed by atoms with van der Waals surface area (Å²) in [5.74, 6) is -2.51. The zero-order valence-electron chi connectivity index (χ0n) is 18.0. The van der Waals surface area contributed by atoms with E-state index in [1.54, 1.807) is 6.08 Å². The van der Waals surface area contributed by atoms with Gasteiger partial charge in [-0.3, -0.25) is 14.4 Å². The van der Waals surface area contributed by atoms with Crippen LogP contribution >= 0.6 is 0 Å². The zero-order valence-corrected chi connectivity index (χ0v) is 18.0. The Morgan fingerprint density at radius 2 is 1.87 bits per heavy atom. The number of carbonyl (C=O) groups excluding carboxylic acids is 2. The zero-order chi connectivity index (χ0) is 22.8. The molecule has 2 unspecified atom stereocenters. The maximum absolute atomic E-state index is 13.0. The molecule has 7 heteroatoms. The van der Waals surface area contributed by atoms with Crippen LogP contribution in [0.1, 0.15) is 57.9 Å². The smallest absolute Gasteiger partial charge is 0.319 e. The van der Waals surface area contributed by atoms with Crippen molar-refractivity contribution in [1.82, 2.24) is 5.43 Å². The van der Waals surface area contributed by atoms with Gasteiger partial charge in [0.25, 0.3) is 5.91 Å². The van der Waals surface area contributed by atoms with Crippen LogP contribution in [-0.4, -0.2) is 34.1 Å². The van der Waals surface area contributed by atoms with Crippen molar-refractivity contribution in [1.29, 1.82) is 0 Å². The first-order valence-corrected chi connectivity index (χ1v) is 10.3. The van der Waals surface area contributed by atoms with Gasteiger partial charge in [0, 0.05) is 18.8 Å². The summed E-state index contributed by atoms with van der Waals surface area (Å²) in [6.45, 7) is 5.70. The van der Waals surface area contributed by atoms with Gasteiger partial charge in [-0.2, -0.15) is 5.10 Å². The number of ketones is 1. The minimum absolute atomic E-state index is 0.0468. The Labute approximate surface area is 181 Å². The first-order chi connectivity index (χ1) is 14.6. The lowest BCUT2D eigenvalue weighted by Crippen LogP contribution is -2.47. The van der Waals surface area contributed by atoms with Crippen molar-refractivity contribution in [2.75, 3.05) is 0 Å². The number of aliphatic carboxylic acids is 1. The molecule has 3 N–H and O–H groups in total. The minimum Gasteiger partial charge on any atom is -0.511 e. The van der Waals surface area contributed by atoms with Crippen molar-refractivity contribution in [2.45, 2.75) is 52.4 Å². The maximum Gasteiger partial charge on any atom is 0.319 e. The van der Waals surface area contributed by atoms with Crippen LogP contribution in [0.15, 0.2) is 58.4 Å². The Balaban J connectivity index is 1.81. The molecule has 0 radical (unpaired) electrons. The molecule has 0 saturated heterocycles. The molecule has 0 bridgehead atoms. The van der Waals surface area contributed by atoms with E-state index in [2.05, 4.69) is 10.5 Å². The Hall–Kier alpha value is -3.22. The highest BCUT2D eigenvalue weighted by Gasteiger charge is 2.49. The second-order valence-electron chi connectivity index (χ2n) is 9.21. The number of aliphatic hydroxyl groups is 1. The summed E-state index contributed by atoms with van der Waals surface area (Å²) in [6, 6.07) is 9.48. The number of carboxylic acids is 1. The predicted molar refractivity (Wildman–Crippen MR) is 117 cm³/mol. The third-order valence-electron chi connectivity index (χ3n) is 6.18. The number of aliphatic hydroxyl groups excluding tert-OH is 1. The summed E-state index contributed by atoms with van der Waals surface area (Å²) in [7, 11) is 0. The summed E-state index contributed by atoms with van der Waals surface area (Å²) in [5, 5.41) is 23.9. The van der Waals surface area contributed by atoms with Crippen LogP contribution in [0.3, 0.4) is 0 Å². The van der Waals surface area contributed by atoms with E-state index in [0.717, 1.165) is 17.4 Å². The summed E-state index contributed by atoms with van der Waals surface area (Å²) < 4.78 is 0. The number of nitrogens with zero attached hydrogens (tertiary/aromatic N) is 1. The number of Topliss-reactive ketones (excluding diaryl/α,β-unsaturated/α-hetero) is 1. The normalized spacial score (nSPS) is 26.0. The van der Waals surface area contributed by atoms with E-state index in [4.69, 9.17) is 0 Å². The molecule has 0 aromatic heterocycles. The number of hydrogen-bond donors (Lipinski definition) is 3. The number of hydrazone groups is 1. The van der Waals surface area contributed by atoms with E-state index >= 15 is 0 Å². The van der Waals surface area contributed by atoms with Crippen molar-refractivity contribution >= 4 is 23.9 Å². The molecule has 1 amide bonds. The SMILES string of the molecule is CC1=CCC(C(=O)O)(C(=O)NN=CC2=C(O)CC(C)(C)CC2=O)CC1c1ccccc1. The summed E-state index contributed by atoms with van der Waals surface area (Å²) >= 11 is 0. The lowest BCUT2D eigenvalue weighted by molar-refractivity contribution is -0.157. The van der Waals surface area contributed by atoms with Crippen LogP contribution in [0.4, 0.5) is 0 Å². The molecule has 0 heterocycles. The van der Waals surface area contributed by atoms with Crippen LogP contribution < -0.4 is 5.43 Å². The number of carbonyl (C=O) groups is 3. The van der Waals surface area contributed by atoms with E-state index in [0.29, 0.717) is 6.42 Å². The second kappa shape index (κ2) is 8.49. The molecule has 0 saturated carbocycles. The van der Waals surface area contributed by atoms with E-state index in [-0.39, 0.29) is 47.7 Å². The Morgan fingerprint density at radius 3 is 2.48 bits per heavy atom. The summed E-state index contributed by atoms with van der Waals surface area (Å²) in [5.41, 5.74) is 2.29. The molecule has 0 aliphatic heterocycles. The lowest BCUT2D eigenvalue weighted by Gasteiger charge is -2.35. The molecule has 2 atom stereocenters. The monoisotopic (exact) mass is 424 g/mol. The fourth-order valence-corrected chi connectivity index (χ4v) is 4.30. The highest BCUT2D eigenvalue weighted by molar-refractivity contribution is 6.14. The van der Waals surface area contributed by atoms with E-state index < -0.39 is 17.3 Å². The fourth-order valence-electron chi connectivity index (χ4n) is 4.30. The molecule has 3 rings (SSSR count). The van der Waals surface area contributed by atoms with Gasteiger partial charge in [-0.05, 0) is 30.7 Å². The summed E-state index contributed by atoms with van der Waals surface area (Å²) in [6.07, 6.45) is 3.65. The molecule has 2 aliphatic carbocycles. The molecule has 7 nitrogen and oxygen atoms in total. The van der Waals surface area contributed by atoms with E-state index in [1.807, 2.05) is 51.1 Å². The molecule has 164 valence electrons. The van der Waals surface area contributed by atoms with E-state index in [9.17, 15) is 24.6 Å². The average molecular weight is 424 g/mol. The van der Waals surface area contributed by atoms with Gasteiger partial charge in [0.2, 0.25) is 0 Å². The fraction of sp³-hybridized carbons (Fsp3) is 0.417. The number of amides is 1. The first-order valence-electron chi connectivity index (χ1n) is 10.3. The highest BCUT2D eigenvalue weighted by Crippen LogP contribution is 2.44. The molecule has 0 fully saturated rings. The van der Waals surface area contributed by atoms with Gasteiger partial charge in [0.05, 0.1) is 11.8 Å². The van der Waals surface area contributed by atoms with Crippen LogP contribution in [0.2, 0.25) is 0 Å². The average Bonchev–Trinajstić information content (AvgIpc) is 2.70. The standard InChI is InChI=1S/C24H28N2O5/c1-15-9-10-24(22(30)31,11-17(15)16-7-5-4-6-8-16)21(29)26-25-14-18-19(27)12-23(2,3)13-20(18)28/h4-9,14,17,27H,10-13H2,1-3H3,(H,26,29)(H,30,31). The molecule has 0 spiro atoms. The second-order valence-corrected chi connectivity index (χ2v) is 9.21. The van der Waals surface area contributed by atoms with Gasteiger partial charge in [0.15, 0.2) is 11.2 Å². The molecule has 1 aromatic carbocycles. The number of carboxylic acid groups (broad SMARTS) is 1. The lowest BCUT2D eigenvalue weighted by atomic mass is 9.68. The molecular formula is C24H28N2O5. The largest absolute Gasteiger partial charge is 0.511 e. The maximum atomic E-state index is 13.0. The molecule has 2 aliphatic rings. The quantitative estimate of drug-likeness (QED) is 0.287. The van der Waals surface area contributed by atoms with Gasteiger partial charge in [-0.15, -0.1) is 0 Å². The van der Waals surface area contributed by atoms with Crippen molar-refractivity contribution in [3.8, 4) is 0 Å². The predicted octanol–water partition coefficient (Wildman–Crippen LogP) is 3.88.